The van der Waals surface area contributed by atoms with E-state index in [1.807, 2.05) is 0 Å². The summed E-state index contributed by atoms with van der Waals surface area (Å²) in [6.07, 6.45) is 8.52. The minimum Gasteiger partial charge on any atom is -0.352 e. The summed E-state index contributed by atoms with van der Waals surface area (Å²) in [6.45, 7) is 1.26. The van der Waals surface area contributed by atoms with Gasteiger partial charge >= 0.3 is 0 Å². The normalized spacial score (nSPS) is 10.4. The lowest BCUT2D eigenvalue weighted by Crippen LogP contribution is -2.25. The van der Waals surface area contributed by atoms with Crippen molar-refractivity contribution in [2.45, 2.75) is 25.7 Å². The molecule has 0 saturated heterocycles. The zero-order valence-electron chi connectivity index (χ0n) is 14.2. The Hall–Kier alpha value is -1.80. The van der Waals surface area contributed by atoms with Crippen molar-refractivity contribution in [3.63, 3.8) is 0 Å². The third kappa shape index (κ3) is 7.21. The molecule has 0 aliphatic heterocycles. The Balaban J connectivity index is 1.52. The number of carbonyl (C=O) groups excluding carboxylic acids is 2. The molecule has 0 aromatic carbocycles. The van der Waals surface area contributed by atoms with Crippen LogP contribution in [0.5, 0.6) is 0 Å². The molecule has 2 amide bonds. The van der Waals surface area contributed by atoms with Gasteiger partial charge in [-0.25, -0.2) is 4.98 Å². The van der Waals surface area contributed by atoms with Crippen LogP contribution in [0.4, 0.5) is 0 Å². The molecule has 2 aromatic rings. The molecular formula is C18H20Br2N4O2. The zero-order valence-corrected chi connectivity index (χ0v) is 17.3. The van der Waals surface area contributed by atoms with E-state index in [0.717, 1.165) is 30.2 Å². The molecule has 0 aliphatic rings. The summed E-state index contributed by atoms with van der Waals surface area (Å²) < 4.78 is 1.49. The molecule has 2 aromatic heterocycles. The molecule has 138 valence electrons. The molecule has 0 saturated carbocycles. The van der Waals surface area contributed by atoms with Crippen molar-refractivity contribution in [2.24, 2.45) is 0 Å². The number of aromatic nitrogens is 2. The highest BCUT2D eigenvalue weighted by atomic mass is 79.9. The van der Waals surface area contributed by atoms with Gasteiger partial charge in [0.15, 0.2) is 0 Å². The molecule has 2 heterocycles. The average Bonchev–Trinajstić information content (AvgIpc) is 2.64. The monoisotopic (exact) mass is 482 g/mol. The van der Waals surface area contributed by atoms with Crippen LogP contribution in [-0.2, 0) is 0 Å². The average molecular weight is 484 g/mol. The van der Waals surface area contributed by atoms with Gasteiger partial charge in [0.1, 0.15) is 4.60 Å². The van der Waals surface area contributed by atoms with Gasteiger partial charge in [-0.1, -0.05) is 12.8 Å². The fraction of sp³-hybridized carbons (Fsp3) is 0.333. The van der Waals surface area contributed by atoms with E-state index < -0.39 is 0 Å². The number of amides is 2. The lowest BCUT2D eigenvalue weighted by Gasteiger charge is -2.06. The van der Waals surface area contributed by atoms with Crippen LogP contribution in [-0.4, -0.2) is 34.9 Å². The Bertz CT molecular complexity index is 738. The van der Waals surface area contributed by atoms with Crippen LogP contribution in [0.15, 0.2) is 45.9 Å². The number of pyridine rings is 2. The number of hydrogen-bond donors (Lipinski definition) is 2. The van der Waals surface area contributed by atoms with Crippen molar-refractivity contribution < 1.29 is 9.59 Å². The van der Waals surface area contributed by atoms with E-state index in [0.29, 0.717) is 28.8 Å². The smallest absolute Gasteiger partial charge is 0.252 e. The minimum atomic E-state index is -0.117. The second-order valence-corrected chi connectivity index (χ2v) is 7.42. The number of nitrogens with one attached hydrogen (secondary N) is 2. The van der Waals surface area contributed by atoms with Crippen molar-refractivity contribution in [1.29, 1.82) is 0 Å². The van der Waals surface area contributed by atoms with Crippen molar-refractivity contribution in [3.8, 4) is 0 Å². The Morgan fingerprint density at radius 2 is 1.50 bits per heavy atom. The molecule has 0 atom stereocenters. The van der Waals surface area contributed by atoms with E-state index >= 15 is 0 Å². The molecule has 0 unspecified atom stereocenters. The predicted molar refractivity (Wildman–Crippen MR) is 107 cm³/mol. The van der Waals surface area contributed by atoms with E-state index in [-0.39, 0.29) is 11.8 Å². The van der Waals surface area contributed by atoms with Crippen LogP contribution in [0.1, 0.15) is 46.4 Å². The minimum absolute atomic E-state index is 0.111. The van der Waals surface area contributed by atoms with Crippen molar-refractivity contribution in [2.75, 3.05) is 13.1 Å². The highest BCUT2D eigenvalue weighted by molar-refractivity contribution is 9.10. The van der Waals surface area contributed by atoms with Crippen LogP contribution in [0.25, 0.3) is 0 Å². The first kappa shape index (κ1) is 20.5. The predicted octanol–water partition coefficient (Wildman–Crippen LogP) is 3.72. The van der Waals surface area contributed by atoms with E-state index in [9.17, 15) is 9.59 Å². The molecule has 8 heteroatoms. The summed E-state index contributed by atoms with van der Waals surface area (Å²) in [6, 6.07) is 5.22. The summed E-state index contributed by atoms with van der Waals surface area (Å²) in [5, 5.41) is 5.76. The maximum absolute atomic E-state index is 11.9. The first-order valence-electron chi connectivity index (χ1n) is 8.35. The Morgan fingerprint density at radius 3 is 2.08 bits per heavy atom. The van der Waals surface area contributed by atoms with E-state index in [4.69, 9.17) is 0 Å². The second-order valence-electron chi connectivity index (χ2n) is 5.69. The van der Waals surface area contributed by atoms with Gasteiger partial charge in [-0.15, -0.1) is 0 Å². The van der Waals surface area contributed by atoms with Crippen LogP contribution in [0, 0.1) is 0 Å². The van der Waals surface area contributed by atoms with Crippen molar-refractivity contribution in [3.05, 3.63) is 57.0 Å². The Labute approximate surface area is 169 Å². The lowest BCUT2D eigenvalue weighted by atomic mass is 10.2. The summed E-state index contributed by atoms with van der Waals surface area (Å²) >= 11 is 6.54. The zero-order chi connectivity index (χ0) is 18.8. The van der Waals surface area contributed by atoms with Gasteiger partial charge in [-0.05, 0) is 62.9 Å². The van der Waals surface area contributed by atoms with Gasteiger partial charge in [0.2, 0.25) is 0 Å². The molecule has 26 heavy (non-hydrogen) atoms. The first-order chi connectivity index (χ1) is 12.6. The number of unbranched alkanes of at least 4 members (excludes halogenated alkanes) is 3. The fourth-order valence-electron chi connectivity index (χ4n) is 2.26. The topological polar surface area (TPSA) is 84.0 Å². The highest BCUT2D eigenvalue weighted by Gasteiger charge is 2.06. The number of rotatable bonds is 9. The van der Waals surface area contributed by atoms with E-state index in [1.54, 1.807) is 36.8 Å². The Morgan fingerprint density at radius 1 is 0.846 bits per heavy atom. The largest absolute Gasteiger partial charge is 0.352 e. The summed E-state index contributed by atoms with van der Waals surface area (Å²) in [7, 11) is 0. The third-order valence-electron chi connectivity index (χ3n) is 3.63. The van der Waals surface area contributed by atoms with Crippen LogP contribution >= 0.6 is 31.9 Å². The quantitative estimate of drug-likeness (QED) is 0.420. The van der Waals surface area contributed by atoms with Crippen LogP contribution in [0.3, 0.4) is 0 Å². The lowest BCUT2D eigenvalue weighted by molar-refractivity contribution is 0.0943. The molecule has 0 fully saturated rings. The molecule has 0 spiro atoms. The molecule has 6 nitrogen and oxygen atoms in total. The van der Waals surface area contributed by atoms with Gasteiger partial charge in [-0.2, -0.15) is 0 Å². The van der Waals surface area contributed by atoms with Gasteiger partial charge < -0.3 is 10.6 Å². The molecule has 2 N–H and O–H groups in total. The van der Waals surface area contributed by atoms with Gasteiger partial charge in [0.25, 0.3) is 11.8 Å². The van der Waals surface area contributed by atoms with Crippen LogP contribution < -0.4 is 10.6 Å². The SMILES string of the molecule is O=C(NCCCCCCNC(=O)c1cncc(Br)c1)c1ccc(Br)nc1. The maximum Gasteiger partial charge on any atom is 0.252 e. The molecule has 2 rings (SSSR count). The van der Waals surface area contributed by atoms with Gasteiger partial charge in [-0.3, -0.25) is 14.6 Å². The molecule has 0 radical (unpaired) electrons. The number of nitrogens with zero attached hydrogens (tertiary/aromatic N) is 2. The summed E-state index contributed by atoms with van der Waals surface area (Å²) in [5.74, 6) is -0.228. The summed E-state index contributed by atoms with van der Waals surface area (Å²) in [4.78, 5) is 31.8. The number of carbonyl (C=O) groups is 2. The first-order valence-corrected chi connectivity index (χ1v) is 9.93. The van der Waals surface area contributed by atoms with Crippen molar-refractivity contribution >= 4 is 43.7 Å². The molecule has 0 aliphatic carbocycles. The van der Waals surface area contributed by atoms with Gasteiger partial charge in [0.05, 0.1) is 11.1 Å². The number of halogens is 2. The Kier molecular flexibility index (Phi) is 8.70. The molecular weight excluding hydrogens is 464 g/mol. The highest BCUT2D eigenvalue weighted by Crippen LogP contribution is 2.09. The van der Waals surface area contributed by atoms with Gasteiger partial charge in [0, 0.05) is 36.2 Å². The maximum atomic E-state index is 11.9. The third-order valence-corrected chi connectivity index (χ3v) is 4.53. The van der Waals surface area contributed by atoms with Crippen LogP contribution in [0.2, 0.25) is 0 Å². The molecule has 0 bridgehead atoms. The fourth-order valence-corrected chi connectivity index (χ4v) is 2.86. The second kappa shape index (κ2) is 11.0. The standard InChI is InChI=1S/C18H20Br2N4O2/c19-15-9-14(10-21-12-15)18(26)23-8-4-2-1-3-7-22-17(25)13-5-6-16(20)24-11-13/h5-6,9-12H,1-4,7-8H2,(H,22,25)(H,23,26). The van der Waals surface area contributed by atoms with Crippen molar-refractivity contribution in [1.82, 2.24) is 20.6 Å². The number of hydrogen-bond acceptors (Lipinski definition) is 4. The van der Waals surface area contributed by atoms with E-state index in [1.165, 1.54) is 0 Å². The van der Waals surface area contributed by atoms with E-state index in [2.05, 4.69) is 52.5 Å². The summed E-state index contributed by atoms with van der Waals surface area (Å²) in [5.41, 5.74) is 1.10.